The van der Waals surface area contributed by atoms with Gasteiger partial charge in [-0.1, -0.05) is 29.8 Å². The average molecular weight is 382 g/mol. The van der Waals surface area contributed by atoms with E-state index in [9.17, 15) is 0 Å². The number of rotatable bonds is 3. The number of halogens is 2. The molecule has 0 N–H and O–H groups in total. The summed E-state index contributed by atoms with van der Waals surface area (Å²) in [5, 5.41) is 0.767. The van der Waals surface area contributed by atoms with Gasteiger partial charge >= 0.3 is 0 Å². The van der Waals surface area contributed by atoms with Gasteiger partial charge in [-0.2, -0.15) is 0 Å². The molecule has 2 aromatic heterocycles. The van der Waals surface area contributed by atoms with Gasteiger partial charge in [0.05, 0.1) is 3.79 Å². The molecule has 0 unspecified atom stereocenters. The second-order valence-corrected chi connectivity index (χ2v) is 8.21. The van der Waals surface area contributed by atoms with Crippen LogP contribution in [0.4, 0.5) is 0 Å². The van der Waals surface area contributed by atoms with Crippen molar-refractivity contribution in [3.05, 3.63) is 67.8 Å². The van der Waals surface area contributed by atoms with Crippen molar-refractivity contribution in [2.24, 2.45) is 0 Å². The third-order valence-corrected chi connectivity index (χ3v) is 5.87. The third-order valence-electron chi connectivity index (χ3n) is 2.75. The Labute approximate surface area is 139 Å². The van der Waals surface area contributed by atoms with Crippen molar-refractivity contribution >= 4 is 62.4 Å². The van der Waals surface area contributed by atoms with Gasteiger partial charge < -0.3 is 0 Å². The summed E-state index contributed by atoms with van der Waals surface area (Å²) in [5.74, 6) is 0. The lowest BCUT2D eigenvalue weighted by atomic mass is 10.2. The molecule has 0 aliphatic carbocycles. The topological polar surface area (TPSA) is 0 Å². The first-order valence-electron chi connectivity index (χ1n) is 6.00. The second kappa shape index (κ2) is 6.27. The maximum absolute atomic E-state index is 5.88. The van der Waals surface area contributed by atoms with E-state index in [0.29, 0.717) is 0 Å². The predicted molar refractivity (Wildman–Crippen MR) is 95.7 cm³/mol. The van der Waals surface area contributed by atoms with Gasteiger partial charge in [-0.25, -0.2) is 0 Å². The molecule has 0 fully saturated rings. The fraction of sp³-hybridized carbons (Fsp3) is 0. The number of hydrogen-bond donors (Lipinski definition) is 0. The minimum Gasteiger partial charge on any atom is -0.135 e. The normalized spacial score (nSPS) is 11.3. The molecule has 0 aliphatic heterocycles. The van der Waals surface area contributed by atoms with E-state index in [1.165, 1.54) is 18.4 Å². The van der Waals surface area contributed by atoms with Crippen molar-refractivity contribution in [3.8, 4) is 9.75 Å². The van der Waals surface area contributed by atoms with Crippen LogP contribution in [0.25, 0.3) is 21.9 Å². The van der Waals surface area contributed by atoms with Crippen LogP contribution < -0.4 is 0 Å². The van der Waals surface area contributed by atoms with Crippen LogP contribution in [0.3, 0.4) is 0 Å². The summed E-state index contributed by atoms with van der Waals surface area (Å²) in [5.41, 5.74) is 1.16. The molecule has 100 valence electrons. The van der Waals surface area contributed by atoms with Crippen molar-refractivity contribution in [1.82, 2.24) is 0 Å². The highest BCUT2D eigenvalue weighted by Gasteiger charge is 2.03. The smallest absolute Gasteiger partial charge is 0.0705 e. The summed E-state index contributed by atoms with van der Waals surface area (Å²) in [6.45, 7) is 0. The van der Waals surface area contributed by atoms with Gasteiger partial charge in [0.15, 0.2) is 0 Å². The summed E-state index contributed by atoms with van der Waals surface area (Å²) >= 11 is 12.9. The molecule has 20 heavy (non-hydrogen) atoms. The van der Waals surface area contributed by atoms with Crippen molar-refractivity contribution in [1.29, 1.82) is 0 Å². The maximum atomic E-state index is 5.88. The van der Waals surface area contributed by atoms with Crippen LogP contribution >= 0.6 is 50.2 Å². The van der Waals surface area contributed by atoms with E-state index < -0.39 is 0 Å². The summed E-state index contributed by atoms with van der Waals surface area (Å²) < 4.78 is 1.17. The first kappa shape index (κ1) is 14.1. The molecule has 0 aliphatic rings. The zero-order chi connectivity index (χ0) is 13.9. The molecule has 3 aromatic rings. The van der Waals surface area contributed by atoms with E-state index in [-0.39, 0.29) is 0 Å². The summed E-state index contributed by atoms with van der Waals surface area (Å²) in [6.07, 6.45) is 4.25. The lowest BCUT2D eigenvalue weighted by Crippen LogP contribution is -1.69. The van der Waals surface area contributed by atoms with Crippen LogP contribution in [-0.4, -0.2) is 0 Å². The Balaban J connectivity index is 1.78. The van der Waals surface area contributed by atoms with Crippen LogP contribution in [0.1, 0.15) is 10.4 Å². The van der Waals surface area contributed by atoms with Crippen LogP contribution in [0.2, 0.25) is 5.02 Å². The molecule has 0 radical (unpaired) electrons. The molecule has 3 rings (SSSR count). The molecular weight excluding hydrogens is 372 g/mol. The number of hydrogen-bond acceptors (Lipinski definition) is 2. The van der Waals surface area contributed by atoms with Crippen LogP contribution in [0.5, 0.6) is 0 Å². The minimum absolute atomic E-state index is 0.767. The van der Waals surface area contributed by atoms with Crippen molar-refractivity contribution in [3.63, 3.8) is 0 Å². The third kappa shape index (κ3) is 3.41. The lowest BCUT2D eigenvalue weighted by Gasteiger charge is -1.92. The number of benzene rings is 1. The monoisotopic (exact) mass is 380 g/mol. The van der Waals surface area contributed by atoms with Gasteiger partial charge in [-0.3, -0.25) is 0 Å². The molecule has 0 atom stereocenters. The molecule has 0 saturated carbocycles. The zero-order valence-corrected chi connectivity index (χ0v) is 14.3. The average Bonchev–Trinajstić information content (AvgIpc) is 3.07. The molecule has 0 bridgehead atoms. The van der Waals surface area contributed by atoms with E-state index in [0.717, 1.165) is 10.6 Å². The second-order valence-electron chi connectivity index (χ2n) is 4.19. The Hall–Kier alpha value is -0.870. The van der Waals surface area contributed by atoms with E-state index in [4.69, 9.17) is 11.6 Å². The van der Waals surface area contributed by atoms with Gasteiger partial charge in [-0.05, 0) is 64.0 Å². The Kier molecular flexibility index (Phi) is 4.41. The van der Waals surface area contributed by atoms with E-state index in [1.807, 2.05) is 24.3 Å². The van der Waals surface area contributed by atoms with Gasteiger partial charge in [0.25, 0.3) is 0 Å². The van der Waals surface area contributed by atoms with Crippen molar-refractivity contribution in [2.75, 3.05) is 0 Å². The summed E-state index contributed by atoms with van der Waals surface area (Å²) in [4.78, 5) is 3.85. The van der Waals surface area contributed by atoms with E-state index >= 15 is 0 Å². The molecule has 0 amide bonds. The molecule has 0 spiro atoms. The quantitative estimate of drug-likeness (QED) is 0.455. The van der Waals surface area contributed by atoms with Crippen molar-refractivity contribution in [2.45, 2.75) is 0 Å². The highest BCUT2D eigenvalue weighted by atomic mass is 79.9. The highest BCUT2D eigenvalue weighted by molar-refractivity contribution is 9.11. The standard InChI is InChI=1S/C16H10BrClS2/c17-16-10-9-15(20-16)14-8-7-13(19-14)6-3-11-1-4-12(18)5-2-11/h1-10H/b6-3+. The van der Waals surface area contributed by atoms with E-state index in [2.05, 4.69) is 52.3 Å². The Morgan fingerprint density at radius 1 is 0.800 bits per heavy atom. The fourth-order valence-corrected chi connectivity index (χ4v) is 4.29. The molecule has 4 heteroatoms. The summed E-state index contributed by atoms with van der Waals surface area (Å²) in [7, 11) is 0. The van der Waals surface area contributed by atoms with Gasteiger partial charge in [0.2, 0.25) is 0 Å². The van der Waals surface area contributed by atoms with Gasteiger partial charge in [-0.15, -0.1) is 22.7 Å². The first-order chi connectivity index (χ1) is 9.70. The SMILES string of the molecule is Clc1ccc(/C=C/c2ccc(-c3ccc(Br)s3)s2)cc1. The predicted octanol–water partition coefficient (Wildman–Crippen LogP) is 7.06. The molecule has 0 saturated heterocycles. The first-order valence-corrected chi connectivity index (χ1v) is 8.80. The molecule has 2 heterocycles. The van der Waals surface area contributed by atoms with Gasteiger partial charge in [0.1, 0.15) is 0 Å². The fourth-order valence-electron chi connectivity index (χ4n) is 1.77. The van der Waals surface area contributed by atoms with Crippen LogP contribution in [0.15, 0.2) is 52.3 Å². The molecule has 1 aromatic carbocycles. The Morgan fingerprint density at radius 2 is 1.50 bits per heavy atom. The zero-order valence-electron chi connectivity index (χ0n) is 10.3. The van der Waals surface area contributed by atoms with Crippen LogP contribution in [-0.2, 0) is 0 Å². The maximum Gasteiger partial charge on any atom is 0.0705 e. The Bertz CT molecular complexity index is 738. The van der Waals surface area contributed by atoms with Gasteiger partial charge in [0, 0.05) is 19.7 Å². The van der Waals surface area contributed by atoms with Crippen molar-refractivity contribution < 1.29 is 0 Å². The highest BCUT2D eigenvalue weighted by Crippen LogP contribution is 2.36. The Morgan fingerprint density at radius 3 is 2.20 bits per heavy atom. The molecular formula is C16H10BrClS2. The molecule has 0 nitrogen and oxygen atoms in total. The number of thiophene rings is 2. The minimum atomic E-state index is 0.767. The lowest BCUT2D eigenvalue weighted by molar-refractivity contribution is 1.66. The van der Waals surface area contributed by atoms with Crippen LogP contribution in [0, 0.1) is 0 Å². The summed E-state index contributed by atoms with van der Waals surface area (Å²) in [6, 6.07) is 16.4. The largest absolute Gasteiger partial charge is 0.135 e. The van der Waals surface area contributed by atoms with E-state index in [1.54, 1.807) is 22.7 Å².